The summed E-state index contributed by atoms with van der Waals surface area (Å²) in [7, 11) is -12.2. The molecular formula is C16H33F6N5O8OsS2. The Hall–Kier alpha value is -1.34. The van der Waals surface area contributed by atoms with E-state index in [-0.39, 0.29) is 67.5 Å². The fraction of sp³-hybridized carbons (Fsp3) is 0.625. The van der Waals surface area contributed by atoms with Gasteiger partial charge in [-0.3, -0.25) is 4.79 Å². The number of carbonyl (C=O) groups excluding carboxylic acids is 2. The van der Waals surface area contributed by atoms with Gasteiger partial charge in [0, 0.05) is 11.8 Å². The van der Waals surface area contributed by atoms with Crippen molar-refractivity contribution >= 4 is 31.8 Å². The molecule has 232 valence electrons. The Balaban J connectivity index is -0.0000000768. The van der Waals surface area contributed by atoms with Gasteiger partial charge in [-0.25, -0.2) is 16.8 Å². The van der Waals surface area contributed by atoms with Crippen LogP contribution in [0.2, 0.25) is 0 Å². The van der Waals surface area contributed by atoms with Crippen LogP contribution in [0.3, 0.4) is 0 Å². The number of hydrogen-bond donors (Lipinski definition) is 5. The van der Waals surface area contributed by atoms with Crippen molar-refractivity contribution in [1.82, 2.24) is 30.8 Å². The number of ketones is 2. The van der Waals surface area contributed by atoms with Crippen LogP contribution in [-0.4, -0.2) is 48.5 Å². The van der Waals surface area contributed by atoms with E-state index in [9.17, 15) is 35.9 Å². The summed E-state index contributed by atoms with van der Waals surface area (Å²) in [6.45, 7) is 1.64. The van der Waals surface area contributed by atoms with Crippen LogP contribution in [0.15, 0.2) is 23.8 Å². The minimum atomic E-state index is -6.09. The van der Waals surface area contributed by atoms with E-state index in [1.165, 1.54) is 18.4 Å². The zero-order chi connectivity index (χ0) is 25.6. The maximum absolute atomic E-state index is 11.4. The molecule has 38 heavy (non-hydrogen) atoms. The Morgan fingerprint density at radius 3 is 1.58 bits per heavy atom. The van der Waals surface area contributed by atoms with Crippen molar-refractivity contribution in [3.63, 3.8) is 0 Å². The molecule has 0 aliphatic heterocycles. The quantitative estimate of drug-likeness (QED) is 0.154. The van der Waals surface area contributed by atoms with Gasteiger partial charge in [-0.2, -0.15) is 26.3 Å². The summed E-state index contributed by atoms with van der Waals surface area (Å²) in [5, 5.41) is 0. The topological polar surface area (TPSA) is 324 Å². The third-order valence-electron chi connectivity index (χ3n) is 4.33. The monoisotopic (exact) mass is 793 g/mol. The molecule has 15 N–H and O–H groups in total. The summed E-state index contributed by atoms with van der Waals surface area (Å²) in [5.41, 5.74) is -10.0. The van der Waals surface area contributed by atoms with Crippen LogP contribution in [0.25, 0.3) is 0 Å². The first-order valence-corrected chi connectivity index (χ1v) is 11.4. The number of carbonyl (C=O) groups is 2. The molecule has 0 radical (unpaired) electrons. The molecule has 0 amide bonds. The van der Waals surface area contributed by atoms with E-state index in [0.29, 0.717) is 6.42 Å². The van der Waals surface area contributed by atoms with E-state index in [0.717, 1.165) is 19.3 Å². The first kappa shape index (κ1) is 53.0. The molecule has 0 aromatic heterocycles. The van der Waals surface area contributed by atoms with Gasteiger partial charge in [-0.05, 0) is 44.8 Å². The van der Waals surface area contributed by atoms with Crippen LogP contribution in [-0.2, 0) is 49.6 Å². The summed E-state index contributed by atoms with van der Waals surface area (Å²) in [6, 6.07) is 0. The predicted molar refractivity (Wildman–Crippen MR) is 120 cm³/mol. The molecule has 2 aliphatic carbocycles. The second-order valence-corrected chi connectivity index (χ2v) is 9.51. The fourth-order valence-corrected chi connectivity index (χ4v) is 2.80. The Morgan fingerprint density at radius 2 is 1.26 bits per heavy atom. The van der Waals surface area contributed by atoms with Gasteiger partial charge in [-0.1, -0.05) is 18.1 Å². The Labute approximate surface area is 229 Å². The number of hydrogen-bond acceptors (Lipinski definition) is 13. The largest absolute Gasteiger partial charge is 2.00 e. The molecule has 1 atom stereocenters. The number of fused-ring (bicyclic) bond motifs is 1. The zero-order valence-electron chi connectivity index (χ0n) is 20.2. The van der Waals surface area contributed by atoms with E-state index in [1.807, 2.05) is 6.08 Å². The molecule has 0 bridgehead atoms. The Morgan fingerprint density at radius 1 is 0.895 bits per heavy atom. The molecular weight excluding hydrogens is 759 g/mol. The summed E-state index contributed by atoms with van der Waals surface area (Å²) in [5.74, 6) is 0.347. The van der Waals surface area contributed by atoms with Gasteiger partial charge in [0.05, 0.1) is 0 Å². The minimum Gasteiger partial charge on any atom is -0.741 e. The van der Waals surface area contributed by atoms with E-state index in [1.54, 1.807) is 19.1 Å². The summed E-state index contributed by atoms with van der Waals surface area (Å²) in [6.07, 6.45) is 11.5. The van der Waals surface area contributed by atoms with Crippen LogP contribution in [0, 0.1) is 5.41 Å². The molecule has 1 fully saturated rings. The SMILES string of the molecule is CC(=O)CCC12C=CC(=O)C=C1CCCC2.N.N.N.N.N.O=S(=O)([O-])C(F)(F)F.O=S(=O)([O-])C(F)(F)F.[Os+2]. The second kappa shape index (κ2) is 19.7. The molecule has 1 saturated carbocycles. The molecule has 2 aliphatic rings. The molecule has 1 unspecified atom stereocenters. The van der Waals surface area contributed by atoms with Crippen molar-refractivity contribution in [3.8, 4) is 0 Å². The van der Waals surface area contributed by atoms with Gasteiger partial charge in [0.1, 0.15) is 5.78 Å². The maximum atomic E-state index is 11.4. The van der Waals surface area contributed by atoms with Crippen molar-refractivity contribution in [1.29, 1.82) is 0 Å². The van der Waals surface area contributed by atoms with Crippen LogP contribution in [0.5, 0.6) is 0 Å². The van der Waals surface area contributed by atoms with Gasteiger partial charge < -0.3 is 44.7 Å². The van der Waals surface area contributed by atoms with Gasteiger partial charge in [0.2, 0.25) is 0 Å². The number of halogens is 6. The average Bonchev–Trinajstić information content (AvgIpc) is 2.58. The summed E-state index contributed by atoms with van der Waals surface area (Å²) in [4.78, 5) is 22.5. The Kier molecular flexibility index (Phi) is 27.4. The van der Waals surface area contributed by atoms with Crippen molar-refractivity contribution in [2.45, 2.75) is 56.5 Å². The Bertz CT molecular complexity index is 947. The van der Waals surface area contributed by atoms with Gasteiger partial charge in [-0.15, -0.1) is 0 Å². The molecule has 0 saturated heterocycles. The van der Waals surface area contributed by atoms with Gasteiger partial charge in [0.25, 0.3) is 0 Å². The van der Waals surface area contributed by atoms with Crippen LogP contribution in [0.1, 0.15) is 45.4 Å². The number of rotatable bonds is 3. The van der Waals surface area contributed by atoms with E-state index >= 15 is 0 Å². The molecule has 22 heteroatoms. The van der Waals surface area contributed by atoms with Gasteiger partial charge in [0.15, 0.2) is 26.0 Å². The second-order valence-electron chi connectivity index (χ2n) is 6.77. The fourth-order valence-electron chi connectivity index (χ4n) is 2.80. The van der Waals surface area contributed by atoms with E-state index in [4.69, 9.17) is 25.9 Å². The molecule has 2 rings (SSSR count). The van der Waals surface area contributed by atoms with Crippen LogP contribution in [0.4, 0.5) is 26.3 Å². The summed E-state index contributed by atoms with van der Waals surface area (Å²) >= 11 is 0. The van der Waals surface area contributed by atoms with Crippen molar-refractivity contribution in [2.24, 2.45) is 5.41 Å². The average molecular weight is 792 g/mol. The smallest absolute Gasteiger partial charge is 0.741 e. The molecule has 0 heterocycles. The normalized spacial score (nSPS) is 17.9. The first-order valence-electron chi connectivity index (χ1n) is 8.60. The molecule has 0 aromatic rings. The molecule has 0 aromatic carbocycles. The summed E-state index contributed by atoms with van der Waals surface area (Å²) < 4.78 is 118. The van der Waals surface area contributed by atoms with Crippen molar-refractivity contribution in [2.75, 3.05) is 0 Å². The van der Waals surface area contributed by atoms with Crippen LogP contribution < -0.4 is 30.8 Å². The number of Topliss-reactive ketones (excluding diaryl/α,β-unsaturated/α-hetero) is 1. The standard InChI is InChI=1S/C14H18O2.2CHF3O3S.5H3N.Os/c1-11(15)5-8-14-7-3-2-4-12(14)10-13(16)6-9-14;2*2-1(3,4)8(5,6)7;;;;;;/h6,9-10H,2-5,7-8H2,1H3;2*(H,5,6,7);5*1H3;/q;;;;;;;;+2/p-2. The number of alkyl halides is 6. The van der Waals surface area contributed by atoms with E-state index < -0.39 is 31.3 Å². The third kappa shape index (κ3) is 18.0. The molecule has 0 spiro atoms. The van der Waals surface area contributed by atoms with Crippen molar-refractivity contribution < 1.29 is 81.7 Å². The maximum Gasteiger partial charge on any atom is 2.00 e. The van der Waals surface area contributed by atoms with Crippen molar-refractivity contribution in [3.05, 3.63) is 23.8 Å². The third-order valence-corrected chi connectivity index (χ3v) is 5.47. The minimum absolute atomic E-state index is 0. The number of allylic oxidation sites excluding steroid dienone is 4. The zero-order valence-corrected chi connectivity index (χ0v) is 24.4. The predicted octanol–water partition coefficient (Wildman–Crippen LogP) is 3.89. The van der Waals surface area contributed by atoms with Crippen LogP contribution >= 0.6 is 0 Å². The first-order chi connectivity index (χ1) is 14.1. The van der Waals surface area contributed by atoms with E-state index in [2.05, 4.69) is 0 Å². The molecule has 13 nitrogen and oxygen atoms in total. The van der Waals surface area contributed by atoms with Gasteiger partial charge >= 0.3 is 30.8 Å².